The predicted octanol–water partition coefficient (Wildman–Crippen LogP) is 2.99. The summed E-state index contributed by atoms with van der Waals surface area (Å²) in [6.45, 7) is 1.68. The van der Waals surface area contributed by atoms with Crippen LogP contribution in [0.25, 0.3) is 22.2 Å². The Labute approximate surface area is 229 Å². The number of fused-ring (bicyclic) bond motifs is 2. The van der Waals surface area contributed by atoms with Crippen molar-refractivity contribution in [2.45, 2.75) is 38.4 Å². The summed E-state index contributed by atoms with van der Waals surface area (Å²) in [5.74, 6) is 0.337. The number of tetrazole rings is 1. The van der Waals surface area contributed by atoms with E-state index in [-0.39, 0.29) is 12.5 Å². The van der Waals surface area contributed by atoms with E-state index in [2.05, 4.69) is 25.9 Å². The standard InChI is InChI=1S/C28H29N7O5/c1-16(34(2)28(38)39)26(36)29-22-12-9-17-6-4-5-7-23(17)35(27(22)37)15-21-20-11-8-19(25-30-32-33-31-25)14-18(20)10-13-24(21)40-3/h4-8,10-11,13-14,16,22H,9,12,15H2,1-3H3,(H,29,36)(H,38,39)(H,30,31,32,33)/t16-,22-/m0/s1. The first kappa shape index (κ1) is 26.6. The van der Waals surface area contributed by atoms with Crippen LogP contribution in [-0.4, -0.2) is 74.8 Å². The third kappa shape index (κ3) is 5.03. The smallest absolute Gasteiger partial charge is 0.407 e. The highest BCUT2D eigenvalue weighted by molar-refractivity contribution is 6.02. The molecule has 1 aliphatic heterocycles. The van der Waals surface area contributed by atoms with E-state index in [1.807, 2.05) is 54.6 Å². The Kier molecular flexibility index (Phi) is 7.32. The van der Waals surface area contributed by atoms with Gasteiger partial charge in [0.1, 0.15) is 17.8 Å². The highest BCUT2D eigenvalue weighted by atomic mass is 16.5. The topological polar surface area (TPSA) is 154 Å². The highest BCUT2D eigenvalue weighted by Gasteiger charge is 2.34. The minimum absolute atomic E-state index is 0.191. The number of aryl methyl sites for hydroxylation is 1. The molecule has 0 saturated carbocycles. The van der Waals surface area contributed by atoms with Crippen LogP contribution < -0.4 is 15.0 Å². The largest absolute Gasteiger partial charge is 0.496 e. The second-order valence-corrected chi connectivity index (χ2v) is 9.65. The van der Waals surface area contributed by atoms with E-state index in [9.17, 15) is 19.5 Å². The highest BCUT2D eigenvalue weighted by Crippen LogP contribution is 2.35. The third-order valence-electron chi connectivity index (χ3n) is 7.37. The van der Waals surface area contributed by atoms with Crippen molar-refractivity contribution < 1.29 is 24.2 Å². The molecule has 0 radical (unpaired) electrons. The summed E-state index contributed by atoms with van der Waals surface area (Å²) in [6.07, 6.45) is -0.286. The first-order valence-corrected chi connectivity index (χ1v) is 12.8. The van der Waals surface area contributed by atoms with E-state index < -0.39 is 24.1 Å². The molecule has 0 unspecified atom stereocenters. The fourth-order valence-corrected chi connectivity index (χ4v) is 4.96. The van der Waals surface area contributed by atoms with Crippen LogP contribution in [0.3, 0.4) is 0 Å². The summed E-state index contributed by atoms with van der Waals surface area (Å²) in [4.78, 5) is 40.9. The van der Waals surface area contributed by atoms with Gasteiger partial charge in [-0.3, -0.25) is 14.5 Å². The van der Waals surface area contributed by atoms with Crippen molar-refractivity contribution in [2.24, 2.45) is 0 Å². The number of amides is 3. The molecular formula is C28H29N7O5. The average Bonchev–Trinajstić information content (AvgIpc) is 3.48. The molecule has 3 amide bonds. The molecule has 0 fully saturated rings. The van der Waals surface area contributed by atoms with Crippen LogP contribution in [0.1, 0.15) is 24.5 Å². The van der Waals surface area contributed by atoms with Crippen molar-refractivity contribution in [1.29, 1.82) is 0 Å². The zero-order valence-corrected chi connectivity index (χ0v) is 22.3. The number of anilines is 1. The van der Waals surface area contributed by atoms with Crippen LogP contribution in [0.4, 0.5) is 10.5 Å². The van der Waals surface area contributed by atoms with E-state index in [1.54, 1.807) is 12.0 Å². The summed E-state index contributed by atoms with van der Waals surface area (Å²) in [7, 11) is 2.90. The maximum Gasteiger partial charge on any atom is 0.407 e. The van der Waals surface area contributed by atoms with Gasteiger partial charge in [-0.05, 0) is 64.7 Å². The fraction of sp³-hybridized carbons (Fsp3) is 0.286. The Morgan fingerprint density at radius 2 is 2.02 bits per heavy atom. The number of carbonyl (C=O) groups excluding carboxylic acids is 2. The molecule has 0 spiro atoms. The molecule has 0 saturated heterocycles. The van der Waals surface area contributed by atoms with Gasteiger partial charge in [-0.1, -0.05) is 36.4 Å². The number of carbonyl (C=O) groups is 3. The lowest BCUT2D eigenvalue weighted by atomic mass is 10.00. The van der Waals surface area contributed by atoms with E-state index in [1.165, 1.54) is 14.0 Å². The van der Waals surface area contributed by atoms with E-state index in [0.717, 1.165) is 38.1 Å². The summed E-state index contributed by atoms with van der Waals surface area (Å²) in [5, 5.41) is 27.9. The first-order valence-electron chi connectivity index (χ1n) is 12.8. The minimum atomic E-state index is -1.23. The monoisotopic (exact) mass is 543 g/mol. The molecule has 1 aliphatic rings. The van der Waals surface area contributed by atoms with Crippen molar-refractivity contribution >= 4 is 34.4 Å². The summed E-state index contributed by atoms with van der Waals surface area (Å²) >= 11 is 0. The van der Waals surface area contributed by atoms with E-state index in [0.29, 0.717) is 24.4 Å². The van der Waals surface area contributed by atoms with Gasteiger partial charge in [-0.25, -0.2) is 9.89 Å². The van der Waals surface area contributed by atoms with Gasteiger partial charge in [0.2, 0.25) is 11.8 Å². The van der Waals surface area contributed by atoms with Crippen LogP contribution in [0.15, 0.2) is 54.6 Å². The first-order chi connectivity index (χ1) is 19.3. The lowest BCUT2D eigenvalue weighted by molar-refractivity contribution is -0.130. The van der Waals surface area contributed by atoms with Crippen molar-refractivity contribution in [2.75, 3.05) is 19.1 Å². The number of likely N-dealkylation sites (N-methyl/N-ethyl adjacent to an activating group) is 1. The number of hydrogen-bond donors (Lipinski definition) is 3. The van der Waals surface area contributed by atoms with Crippen LogP contribution in [-0.2, 0) is 22.6 Å². The molecule has 1 aromatic heterocycles. The van der Waals surface area contributed by atoms with Gasteiger partial charge in [0.05, 0.1) is 13.7 Å². The van der Waals surface area contributed by atoms with Gasteiger partial charge in [0, 0.05) is 23.9 Å². The lowest BCUT2D eigenvalue weighted by Gasteiger charge is -2.29. The minimum Gasteiger partial charge on any atom is -0.496 e. The van der Waals surface area contributed by atoms with E-state index in [4.69, 9.17) is 4.74 Å². The molecule has 5 rings (SSSR count). The number of carboxylic acid groups (broad SMARTS) is 1. The van der Waals surface area contributed by atoms with Crippen LogP contribution in [0, 0.1) is 0 Å². The number of hydrogen-bond acceptors (Lipinski definition) is 7. The molecule has 2 atom stereocenters. The number of para-hydroxylation sites is 1. The second-order valence-electron chi connectivity index (χ2n) is 9.65. The van der Waals surface area contributed by atoms with Gasteiger partial charge in [-0.15, -0.1) is 5.10 Å². The molecule has 0 aliphatic carbocycles. The number of nitrogens with one attached hydrogen (secondary N) is 2. The number of ether oxygens (including phenoxy) is 1. The molecular weight excluding hydrogens is 514 g/mol. The summed E-state index contributed by atoms with van der Waals surface area (Å²) < 4.78 is 5.72. The third-order valence-corrected chi connectivity index (χ3v) is 7.37. The number of H-pyrrole nitrogens is 1. The predicted molar refractivity (Wildman–Crippen MR) is 147 cm³/mol. The second kappa shape index (κ2) is 11.0. The quantitative estimate of drug-likeness (QED) is 0.322. The summed E-state index contributed by atoms with van der Waals surface area (Å²) in [5.41, 5.74) is 3.34. The maximum atomic E-state index is 14.0. The normalized spacial score (nSPS) is 15.7. The van der Waals surface area contributed by atoms with Crippen LogP contribution in [0.5, 0.6) is 5.75 Å². The average molecular weight is 544 g/mol. The lowest BCUT2D eigenvalue weighted by Crippen LogP contribution is -2.53. The number of aromatic amines is 1. The van der Waals surface area contributed by atoms with Gasteiger partial charge in [0.15, 0.2) is 5.82 Å². The Morgan fingerprint density at radius 3 is 2.75 bits per heavy atom. The van der Waals surface area contributed by atoms with Crippen LogP contribution in [0.2, 0.25) is 0 Å². The number of rotatable bonds is 7. The van der Waals surface area contributed by atoms with Crippen LogP contribution >= 0.6 is 0 Å². The van der Waals surface area contributed by atoms with E-state index >= 15 is 0 Å². The molecule has 3 N–H and O–H groups in total. The number of aromatic nitrogens is 4. The van der Waals surface area contributed by atoms with Gasteiger partial charge in [0.25, 0.3) is 0 Å². The van der Waals surface area contributed by atoms with Gasteiger partial charge >= 0.3 is 6.09 Å². The zero-order chi connectivity index (χ0) is 28.4. The van der Waals surface area contributed by atoms with Crippen molar-refractivity contribution in [3.05, 3.63) is 65.7 Å². The van der Waals surface area contributed by atoms with Gasteiger partial charge < -0.3 is 20.1 Å². The Hall–Kier alpha value is -5.00. The number of benzene rings is 3. The van der Waals surface area contributed by atoms with Gasteiger partial charge in [-0.2, -0.15) is 0 Å². The fourth-order valence-electron chi connectivity index (χ4n) is 4.96. The molecule has 12 nitrogen and oxygen atoms in total. The summed E-state index contributed by atoms with van der Waals surface area (Å²) in [6, 6.07) is 15.5. The Morgan fingerprint density at radius 1 is 1.23 bits per heavy atom. The van der Waals surface area contributed by atoms with Crippen molar-refractivity contribution in [1.82, 2.24) is 30.8 Å². The van der Waals surface area contributed by atoms with Crippen molar-refractivity contribution in [3.8, 4) is 17.1 Å². The SMILES string of the molecule is COc1ccc2cc(-c3nnn[nH]3)ccc2c1CN1C(=O)[C@@H](NC(=O)[C@H](C)N(C)C(=O)O)CCc2ccccc21. The number of methoxy groups -OCH3 is 1. The Bertz CT molecular complexity index is 1570. The molecule has 3 aromatic carbocycles. The molecule has 0 bridgehead atoms. The molecule has 4 aromatic rings. The molecule has 12 heteroatoms. The maximum absolute atomic E-state index is 14.0. The molecule has 2 heterocycles. The van der Waals surface area contributed by atoms with Crippen molar-refractivity contribution in [3.63, 3.8) is 0 Å². The molecule has 40 heavy (non-hydrogen) atoms. The number of nitrogens with zero attached hydrogens (tertiary/aromatic N) is 5. The molecule has 206 valence electrons. The Balaban J connectivity index is 1.52. The zero-order valence-electron chi connectivity index (χ0n) is 22.3.